The second kappa shape index (κ2) is 3.99. The molecule has 0 aliphatic heterocycles. The lowest BCUT2D eigenvalue weighted by Gasteiger charge is -1.98. The van der Waals surface area contributed by atoms with E-state index in [1.807, 2.05) is 22.6 Å². The van der Waals surface area contributed by atoms with Crippen molar-refractivity contribution in [1.29, 1.82) is 0 Å². The summed E-state index contributed by atoms with van der Waals surface area (Å²) in [5, 5.41) is 0.256. The highest BCUT2D eigenvalue weighted by molar-refractivity contribution is 14.1. The topological polar surface area (TPSA) is 52.1 Å². The molecule has 0 aliphatic carbocycles. The first-order valence-electron chi connectivity index (χ1n) is 2.91. The van der Waals surface area contributed by atoms with E-state index in [1.54, 1.807) is 0 Å². The molecule has 1 aromatic heterocycles. The molecule has 64 valence electrons. The number of halogens is 2. The molecular weight excluding hydrogens is 294 g/mol. The van der Waals surface area contributed by atoms with Crippen LogP contribution in [0.2, 0.25) is 5.15 Å². The van der Waals surface area contributed by atoms with Gasteiger partial charge in [-0.25, -0.2) is 14.8 Å². The van der Waals surface area contributed by atoms with Gasteiger partial charge in [0.15, 0.2) is 0 Å². The van der Waals surface area contributed by atoms with E-state index in [4.69, 9.17) is 11.6 Å². The Morgan fingerprint density at radius 3 is 2.92 bits per heavy atom. The Hall–Kier alpha value is -0.430. The summed E-state index contributed by atoms with van der Waals surface area (Å²) in [6.07, 6.45) is 1.46. The normalized spacial score (nSPS) is 9.58. The molecule has 0 aromatic carbocycles. The van der Waals surface area contributed by atoms with Gasteiger partial charge >= 0.3 is 5.97 Å². The lowest BCUT2D eigenvalue weighted by Crippen LogP contribution is -2.07. The first kappa shape index (κ1) is 9.66. The van der Waals surface area contributed by atoms with Gasteiger partial charge in [-0.15, -0.1) is 0 Å². The fraction of sp³-hybridized carbons (Fsp3) is 0.167. The summed E-state index contributed by atoms with van der Waals surface area (Å²) in [6, 6.07) is 0. The van der Waals surface area contributed by atoms with E-state index < -0.39 is 5.97 Å². The molecule has 4 nitrogen and oxygen atoms in total. The third kappa shape index (κ3) is 2.04. The van der Waals surface area contributed by atoms with Gasteiger partial charge in [-0.1, -0.05) is 11.6 Å². The molecule has 0 saturated heterocycles. The number of hydrogen-bond acceptors (Lipinski definition) is 4. The van der Waals surface area contributed by atoms with Gasteiger partial charge < -0.3 is 4.74 Å². The first-order chi connectivity index (χ1) is 5.65. The second-order valence-corrected chi connectivity index (χ2v) is 3.34. The van der Waals surface area contributed by atoms with Crippen LogP contribution in [0.1, 0.15) is 10.6 Å². The fourth-order valence-corrected chi connectivity index (χ4v) is 0.925. The Morgan fingerprint density at radius 1 is 1.75 bits per heavy atom. The number of hydrogen-bond donors (Lipinski definition) is 0. The second-order valence-electron chi connectivity index (χ2n) is 1.82. The Balaban J connectivity index is 3.05. The van der Waals surface area contributed by atoms with E-state index in [2.05, 4.69) is 14.7 Å². The summed E-state index contributed by atoms with van der Waals surface area (Å²) in [6.45, 7) is 0. The van der Waals surface area contributed by atoms with Crippen molar-refractivity contribution >= 4 is 40.2 Å². The van der Waals surface area contributed by atoms with Crippen LogP contribution in [0.4, 0.5) is 0 Å². The van der Waals surface area contributed by atoms with Crippen LogP contribution in [0.15, 0.2) is 6.20 Å². The van der Waals surface area contributed by atoms with Crippen molar-refractivity contribution < 1.29 is 9.53 Å². The molecule has 1 aromatic rings. The number of carbonyl (C=O) groups is 1. The summed E-state index contributed by atoms with van der Waals surface area (Å²) < 4.78 is 5.10. The highest BCUT2D eigenvalue weighted by Gasteiger charge is 2.10. The zero-order valence-corrected chi connectivity index (χ0v) is 8.96. The lowest BCUT2D eigenvalue weighted by molar-refractivity contribution is 0.0586. The van der Waals surface area contributed by atoms with E-state index in [9.17, 15) is 4.79 Å². The average molecular weight is 298 g/mol. The average Bonchev–Trinajstić information content (AvgIpc) is 2.08. The van der Waals surface area contributed by atoms with Crippen molar-refractivity contribution in [2.75, 3.05) is 7.11 Å². The number of esters is 1. The van der Waals surface area contributed by atoms with Gasteiger partial charge in [0.2, 0.25) is 5.82 Å². The monoisotopic (exact) mass is 298 g/mol. The third-order valence-corrected chi connectivity index (χ3v) is 2.47. The fourth-order valence-electron chi connectivity index (χ4n) is 0.536. The molecule has 0 spiro atoms. The molecule has 0 N–H and O–H groups in total. The van der Waals surface area contributed by atoms with Gasteiger partial charge in [-0.3, -0.25) is 0 Å². The largest absolute Gasteiger partial charge is 0.463 e. The van der Waals surface area contributed by atoms with Crippen molar-refractivity contribution in [2.45, 2.75) is 0 Å². The summed E-state index contributed by atoms with van der Waals surface area (Å²) in [5.74, 6) is -0.615. The quantitative estimate of drug-likeness (QED) is 0.448. The van der Waals surface area contributed by atoms with Gasteiger partial charge in [0.1, 0.15) is 5.15 Å². The third-order valence-electron chi connectivity index (χ3n) is 1.07. The Kier molecular flexibility index (Phi) is 3.21. The molecule has 0 aliphatic rings. The first-order valence-corrected chi connectivity index (χ1v) is 4.37. The Labute approximate surface area is 87.4 Å². The Bertz CT molecular complexity index is 318. The number of methoxy groups -OCH3 is 1. The number of nitrogens with zero attached hydrogens (tertiary/aromatic N) is 2. The van der Waals surface area contributed by atoms with Crippen molar-refractivity contribution in [2.24, 2.45) is 0 Å². The number of ether oxygens (including phenoxy) is 1. The minimum atomic E-state index is -0.590. The van der Waals surface area contributed by atoms with Crippen molar-refractivity contribution in [1.82, 2.24) is 9.97 Å². The minimum Gasteiger partial charge on any atom is -0.463 e. The predicted molar refractivity (Wildman–Crippen MR) is 51.1 cm³/mol. The maximum atomic E-state index is 10.9. The molecule has 6 heteroatoms. The predicted octanol–water partition coefficient (Wildman–Crippen LogP) is 1.52. The molecule has 1 rings (SSSR count). The zero-order valence-electron chi connectivity index (χ0n) is 6.04. The minimum absolute atomic E-state index is 0.0251. The molecular formula is C6H4ClIN2O2. The smallest absolute Gasteiger partial charge is 0.376 e. The van der Waals surface area contributed by atoms with E-state index >= 15 is 0 Å². The van der Waals surface area contributed by atoms with Gasteiger partial charge in [0.25, 0.3) is 0 Å². The molecule has 0 unspecified atom stereocenters. The number of carbonyl (C=O) groups excluding carboxylic acids is 1. The van der Waals surface area contributed by atoms with Crippen LogP contribution in [-0.4, -0.2) is 23.0 Å². The summed E-state index contributed by atoms with van der Waals surface area (Å²) in [5.41, 5.74) is 0. The van der Waals surface area contributed by atoms with Crippen LogP contribution in [0.5, 0.6) is 0 Å². The molecule has 0 atom stereocenters. The van der Waals surface area contributed by atoms with Gasteiger partial charge in [0, 0.05) is 6.20 Å². The highest BCUT2D eigenvalue weighted by Crippen LogP contribution is 2.13. The molecule has 1 heterocycles. The van der Waals surface area contributed by atoms with Crippen LogP contribution >= 0.6 is 34.2 Å². The van der Waals surface area contributed by atoms with Gasteiger partial charge in [-0.2, -0.15) is 0 Å². The van der Waals surface area contributed by atoms with E-state index in [1.165, 1.54) is 13.3 Å². The lowest BCUT2D eigenvalue weighted by atomic mass is 10.5. The maximum absolute atomic E-state index is 10.9. The Morgan fingerprint density at radius 2 is 2.42 bits per heavy atom. The molecule has 0 saturated carbocycles. The molecule has 0 amide bonds. The standard InChI is InChI=1S/C6H4ClIN2O2/c1-12-6(11)5-9-2-3(8)4(7)10-5/h2H,1H3. The van der Waals surface area contributed by atoms with Crippen molar-refractivity contribution in [3.63, 3.8) is 0 Å². The molecule has 0 fully saturated rings. The van der Waals surface area contributed by atoms with E-state index in [-0.39, 0.29) is 11.0 Å². The highest BCUT2D eigenvalue weighted by atomic mass is 127. The van der Waals surface area contributed by atoms with Crippen LogP contribution < -0.4 is 0 Å². The van der Waals surface area contributed by atoms with Crippen LogP contribution in [-0.2, 0) is 4.74 Å². The maximum Gasteiger partial charge on any atom is 0.376 e. The van der Waals surface area contributed by atoms with Gasteiger partial charge in [-0.05, 0) is 22.6 Å². The van der Waals surface area contributed by atoms with Crippen LogP contribution in [0, 0.1) is 3.57 Å². The summed E-state index contributed by atoms with van der Waals surface area (Å²) in [7, 11) is 1.26. The number of aromatic nitrogens is 2. The van der Waals surface area contributed by atoms with Crippen molar-refractivity contribution in [3.8, 4) is 0 Å². The molecule has 0 bridgehead atoms. The number of rotatable bonds is 1. The van der Waals surface area contributed by atoms with Crippen LogP contribution in [0.3, 0.4) is 0 Å². The van der Waals surface area contributed by atoms with E-state index in [0.717, 1.165) is 0 Å². The molecule has 12 heavy (non-hydrogen) atoms. The molecule has 0 radical (unpaired) electrons. The van der Waals surface area contributed by atoms with Crippen molar-refractivity contribution in [3.05, 3.63) is 20.7 Å². The van der Waals surface area contributed by atoms with Gasteiger partial charge in [0.05, 0.1) is 10.7 Å². The summed E-state index contributed by atoms with van der Waals surface area (Å²) in [4.78, 5) is 18.3. The van der Waals surface area contributed by atoms with E-state index in [0.29, 0.717) is 3.57 Å². The zero-order chi connectivity index (χ0) is 9.14. The van der Waals surface area contributed by atoms with Crippen LogP contribution in [0.25, 0.3) is 0 Å². The summed E-state index contributed by atoms with van der Waals surface area (Å²) >= 11 is 7.62. The SMILES string of the molecule is COC(=O)c1ncc(I)c(Cl)n1.